The van der Waals surface area contributed by atoms with Gasteiger partial charge in [0, 0.05) is 18.3 Å². The number of aromatic nitrogens is 2. The monoisotopic (exact) mass is 315 g/mol. The highest BCUT2D eigenvalue weighted by molar-refractivity contribution is 5.87. The quantitative estimate of drug-likeness (QED) is 0.539. The summed E-state index contributed by atoms with van der Waals surface area (Å²) < 4.78 is 1.30. The molecule has 2 rings (SSSR count). The van der Waals surface area contributed by atoms with E-state index in [1.165, 1.54) is 23.0 Å². The molecule has 0 saturated heterocycles. The largest absolute Gasteiger partial charge is 0.508 e. The highest BCUT2D eigenvalue weighted by atomic mass is 16.3. The van der Waals surface area contributed by atoms with Crippen LogP contribution in [0.4, 0.5) is 5.82 Å². The van der Waals surface area contributed by atoms with E-state index in [0.29, 0.717) is 17.7 Å². The molecular formula is C15H17N5O3. The van der Waals surface area contributed by atoms with Gasteiger partial charge in [0.15, 0.2) is 0 Å². The third-order valence-corrected chi connectivity index (χ3v) is 3.18. The van der Waals surface area contributed by atoms with E-state index in [-0.39, 0.29) is 18.0 Å². The zero-order chi connectivity index (χ0) is 16.8. The summed E-state index contributed by atoms with van der Waals surface area (Å²) in [6.07, 6.45) is 2.60. The number of aromatic hydroxyl groups is 1. The van der Waals surface area contributed by atoms with Crippen LogP contribution in [0, 0.1) is 0 Å². The van der Waals surface area contributed by atoms with Crippen LogP contribution in [0.25, 0.3) is 0 Å². The van der Waals surface area contributed by atoms with Crippen molar-refractivity contribution in [2.45, 2.75) is 19.9 Å². The van der Waals surface area contributed by atoms with Crippen LogP contribution in [-0.4, -0.2) is 26.8 Å². The van der Waals surface area contributed by atoms with Gasteiger partial charge in [-0.2, -0.15) is 5.10 Å². The van der Waals surface area contributed by atoms with Gasteiger partial charge in [-0.15, -0.1) is 0 Å². The number of nitrogen functional groups attached to an aromatic ring is 1. The number of hydrogen-bond acceptors (Lipinski definition) is 6. The summed E-state index contributed by atoms with van der Waals surface area (Å²) in [5.41, 5.74) is 8.66. The number of nitrogens with zero attached hydrogens (tertiary/aromatic N) is 3. The highest BCUT2D eigenvalue weighted by Crippen LogP contribution is 2.15. The maximum absolute atomic E-state index is 11.8. The van der Waals surface area contributed by atoms with Crippen LogP contribution in [0.15, 0.2) is 40.4 Å². The third-order valence-electron chi connectivity index (χ3n) is 3.18. The molecule has 0 fully saturated rings. The molecule has 1 amide bonds. The number of rotatable bonds is 5. The molecule has 0 aliphatic carbocycles. The first-order valence-electron chi connectivity index (χ1n) is 6.97. The topological polar surface area (TPSA) is 123 Å². The van der Waals surface area contributed by atoms with Crippen LogP contribution in [0.2, 0.25) is 0 Å². The van der Waals surface area contributed by atoms with Gasteiger partial charge in [0.1, 0.15) is 11.6 Å². The van der Waals surface area contributed by atoms with Gasteiger partial charge in [-0.05, 0) is 13.0 Å². The smallest absolute Gasteiger partial charge is 0.349 e. The minimum atomic E-state index is -0.439. The Hall–Kier alpha value is -3.16. The first-order valence-corrected chi connectivity index (χ1v) is 6.97. The first-order chi connectivity index (χ1) is 11.0. The molecule has 1 aromatic carbocycles. The Morgan fingerprint density at radius 3 is 2.91 bits per heavy atom. The van der Waals surface area contributed by atoms with E-state index in [1.54, 1.807) is 25.1 Å². The molecule has 23 heavy (non-hydrogen) atoms. The number of hydrazone groups is 1. The molecule has 1 aromatic heterocycles. The average molecular weight is 315 g/mol. The zero-order valence-electron chi connectivity index (χ0n) is 12.6. The van der Waals surface area contributed by atoms with Crippen LogP contribution in [0.1, 0.15) is 18.1 Å². The van der Waals surface area contributed by atoms with Gasteiger partial charge in [0.05, 0.1) is 18.2 Å². The summed E-state index contributed by atoms with van der Waals surface area (Å²) in [5, 5.41) is 13.4. The maximum atomic E-state index is 11.8. The molecular weight excluding hydrogens is 298 g/mol. The molecule has 0 aliphatic heterocycles. The number of anilines is 1. The Kier molecular flexibility index (Phi) is 5.08. The minimum Gasteiger partial charge on any atom is -0.508 e. The number of nitrogens with one attached hydrogen (secondary N) is 1. The van der Waals surface area contributed by atoms with Gasteiger partial charge >= 0.3 is 5.69 Å². The van der Waals surface area contributed by atoms with Crippen LogP contribution in [-0.2, 0) is 17.8 Å². The van der Waals surface area contributed by atoms with E-state index < -0.39 is 11.6 Å². The summed E-state index contributed by atoms with van der Waals surface area (Å²) >= 11 is 0. The molecule has 0 radical (unpaired) electrons. The summed E-state index contributed by atoms with van der Waals surface area (Å²) in [6, 6.07) is 6.56. The number of hydrogen-bond donors (Lipinski definition) is 3. The number of phenols is 1. The molecule has 4 N–H and O–H groups in total. The number of carbonyl (C=O) groups excluding carboxylic acids is 1. The van der Waals surface area contributed by atoms with Crippen molar-refractivity contribution >= 4 is 17.9 Å². The van der Waals surface area contributed by atoms with Crippen molar-refractivity contribution < 1.29 is 9.90 Å². The lowest BCUT2D eigenvalue weighted by Gasteiger charge is -2.07. The number of carbonyl (C=O) groups is 1. The normalized spacial score (nSPS) is 10.8. The van der Waals surface area contributed by atoms with Crippen LogP contribution < -0.4 is 16.8 Å². The van der Waals surface area contributed by atoms with Crippen molar-refractivity contribution in [2.24, 2.45) is 5.10 Å². The number of benzene rings is 1. The zero-order valence-corrected chi connectivity index (χ0v) is 12.6. The van der Waals surface area contributed by atoms with Crippen molar-refractivity contribution in [1.82, 2.24) is 15.0 Å². The second-order valence-corrected chi connectivity index (χ2v) is 4.72. The summed E-state index contributed by atoms with van der Waals surface area (Å²) in [6.45, 7) is 2.16. The van der Waals surface area contributed by atoms with E-state index in [2.05, 4.69) is 15.5 Å². The van der Waals surface area contributed by atoms with Gasteiger partial charge in [-0.25, -0.2) is 15.2 Å². The van der Waals surface area contributed by atoms with E-state index >= 15 is 0 Å². The van der Waals surface area contributed by atoms with Crippen molar-refractivity contribution in [3.63, 3.8) is 0 Å². The molecule has 0 atom stereocenters. The number of nitrogens with two attached hydrogens (primary N) is 1. The minimum absolute atomic E-state index is 0.00773. The number of phenolic OH excluding ortho intramolecular Hbond substituents is 1. The fraction of sp³-hybridized carbons (Fsp3) is 0.200. The van der Waals surface area contributed by atoms with Crippen molar-refractivity contribution in [1.29, 1.82) is 0 Å². The Bertz CT molecular complexity index is 798. The van der Waals surface area contributed by atoms with Crippen molar-refractivity contribution in [3.05, 3.63) is 52.1 Å². The molecule has 0 bridgehead atoms. The van der Waals surface area contributed by atoms with E-state index in [9.17, 15) is 14.7 Å². The fourth-order valence-corrected chi connectivity index (χ4v) is 1.97. The predicted octanol–water partition coefficient (Wildman–Crippen LogP) is 0.244. The van der Waals surface area contributed by atoms with Crippen molar-refractivity contribution in [2.75, 3.05) is 5.73 Å². The molecule has 0 spiro atoms. The lowest BCUT2D eigenvalue weighted by molar-refractivity contribution is -0.120. The molecule has 1 heterocycles. The van der Waals surface area contributed by atoms with Gasteiger partial charge in [-0.1, -0.05) is 18.2 Å². The molecule has 120 valence electrons. The van der Waals surface area contributed by atoms with E-state index in [1.807, 2.05) is 0 Å². The highest BCUT2D eigenvalue weighted by Gasteiger charge is 2.07. The lowest BCUT2D eigenvalue weighted by Crippen LogP contribution is -2.26. The van der Waals surface area contributed by atoms with Gasteiger partial charge < -0.3 is 10.8 Å². The Balaban J connectivity index is 2.03. The Morgan fingerprint density at radius 1 is 1.48 bits per heavy atom. The summed E-state index contributed by atoms with van der Waals surface area (Å²) in [7, 11) is 0. The SMILES string of the molecule is CCn1c(N)c(/C=N/NC(=O)Cc2ccccc2O)cnc1=O. The van der Waals surface area contributed by atoms with Gasteiger partial charge in [0.2, 0.25) is 5.91 Å². The molecule has 0 aliphatic rings. The average Bonchev–Trinajstić information content (AvgIpc) is 2.52. The first kappa shape index (κ1) is 16.2. The standard InChI is InChI=1S/C15H17N5O3/c1-2-20-14(16)11(8-17-15(20)23)9-18-19-13(22)7-10-5-3-4-6-12(10)21/h3-6,8-9,21H,2,7,16H2,1H3,(H,19,22)/b18-9+. The third kappa shape index (κ3) is 3.94. The number of para-hydroxylation sites is 1. The second-order valence-electron chi connectivity index (χ2n) is 4.72. The molecule has 8 nitrogen and oxygen atoms in total. The molecule has 2 aromatic rings. The van der Waals surface area contributed by atoms with Gasteiger partial charge in [-0.3, -0.25) is 9.36 Å². The summed E-state index contributed by atoms with van der Waals surface area (Å²) in [5.74, 6) is -0.112. The lowest BCUT2D eigenvalue weighted by atomic mass is 10.1. The molecule has 8 heteroatoms. The van der Waals surface area contributed by atoms with E-state index in [4.69, 9.17) is 5.73 Å². The maximum Gasteiger partial charge on any atom is 0.349 e. The van der Waals surface area contributed by atoms with E-state index in [0.717, 1.165) is 0 Å². The molecule has 0 unspecified atom stereocenters. The number of amides is 1. The second kappa shape index (κ2) is 7.21. The Labute approximate surface area is 132 Å². The Morgan fingerprint density at radius 2 is 2.22 bits per heavy atom. The fourth-order valence-electron chi connectivity index (χ4n) is 1.97. The predicted molar refractivity (Wildman–Crippen MR) is 86.1 cm³/mol. The van der Waals surface area contributed by atoms with Gasteiger partial charge in [0.25, 0.3) is 0 Å². The van der Waals surface area contributed by atoms with Crippen molar-refractivity contribution in [3.8, 4) is 5.75 Å². The summed E-state index contributed by atoms with van der Waals surface area (Å²) in [4.78, 5) is 26.9. The molecule has 0 saturated carbocycles. The van der Waals surface area contributed by atoms with Crippen LogP contribution in [0.5, 0.6) is 5.75 Å². The van der Waals surface area contributed by atoms with Crippen LogP contribution >= 0.6 is 0 Å². The van der Waals surface area contributed by atoms with Crippen LogP contribution in [0.3, 0.4) is 0 Å².